The number of fused-ring (bicyclic) bond motifs is 1. The van der Waals surface area contributed by atoms with Crippen molar-refractivity contribution < 1.29 is 14.3 Å². The first-order valence-corrected chi connectivity index (χ1v) is 3.25. The Hall–Kier alpha value is -1.84. The Morgan fingerprint density at radius 1 is 1.67 bits per heavy atom. The van der Waals surface area contributed by atoms with E-state index in [0.717, 1.165) is 0 Å². The van der Waals surface area contributed by atoms with Crippen LogP contribution in [0.1, 0.15) is 10.4 Å². The number of hydrogen-bond donors (Lipinski definition) is 1. The zero-order valence-electron chi connectivity index (χ0n) is 5.94. The molecule has 1 heterocycles. The van der Waals surface area contributed by atoms with Gasteiger partial charge < -0.3 is 9.52 Å². The van der Waals surface area contributed by atoms with Gasteiger partial charge in [-0.1, -0.05) is 0 Å². The first kappa shape index (κ1) is 6.84. The quantitative estimate of drug-likeness (QED) is 0.686. The molecule has 0 aliphatic rings. The van der Waals surface area contributed by atoms with E-state index in [0.29, 0.717) is 11.1 Å². The maximum atomic E-state index is 10.5. The topological polar surface area (TPSA) is 63.3 Å². The molecule has 0 fully saturated rings. The van der Waals surface area contributed by atoms with Crippen LogP contribution < -0.4 is 0 Å². The minimum absolute atomic E-state index is 0.0826. The van der Waals surface area contributed by atoms with Gasteiger partial charge in [0.15, 0.2) is 12.0 Å². The highest BCUT2D eigenvalue weighted by Gasteiger charge is 2.05. The van der Waals surface area contributed by atoms with E-state index >= 15 is 0 Å². The van der Waals surface area contributed by atoms with Crippen LogP contribution in [0.3, 0.4) is 0 Å². The molecule has 0 spiro atoms. The third-order valence-corrected chi connectivity index (χ3v) is 1.49. The van der Waals surface area contributed by atoms with Crippen LogP contribution in [0.25, 0.3) is 11.1 Å². The third kappa shape index (κ3) is 0.934. The molecule has 1 aromatic heterocycles. The highest BCUT2D eigenvalue weighted by Crippen LogP contribution is 2.13. The van der Waals surface area contributed by atoms with Gasteiger partial charge in [-0.25, -0.2) is 9.78 Å². The van der Waals surface area contributed by atoms with E-state index < -0.39 is 5.97 Å². The molecular formula is C8H4NO3. The summed E-state index contributed by atoms with van der Waals surface area (Å²) >= 11 is 0. The smallest absolute Gasteiger partial charge is 0.336 e. The predicted octanol–water partition coefficient (Wildman–Crippen LogP) is 1.33. The Bertz CT molecular complexity index is 433. The highest BCUT2D eigenvalue weighted by atomic mass is 16.4. The van der Waals surface area contributed by atoms with Crippen molar-refractivity contribution in [2.24, 2.45) is 0 Å². The number of benzene rings is 1. The minimum atomic E-state index is -1.02. The Kier molecular flexibility index (Phi) is 1.33. The van der Waals surface area contributed by atoms with Crippen molar-refractivity contribution in [3.05, 3.63) is 30.2 Å². The lowest BCUT2D eigenvalue weighted by molar-refractivity contribution is 0.0696. The predicted molar refractivity (Wildman–Crippen MR) is 39.8 cm³/mol. The number of oxazole rings is 1. The van der Waals surface area contributed by atoms with Crippen LogP contribution in [0.5, 0.6) is 0 Å². The fraction of sp³-hybridized carbons (Fsp3) is 0. The van der Waals surface area contributed by atoms with E-state index in [1.54, 1.807) is 0 Å². The second-order valence-electron chi connectivity index (χ2n) is 2.25. The largest absolute Gasteiger partial charge is 0.478 e. The lowest BCUT2D eigenvalue weighted by atomic mass is 10.2. The molecule has 2 rings (SSSR count). The lowest BCUT2D eigenvalue weighted by Crippen LogP contribution is -1.94. The molecule has 12 heavy (non-hydrogen) atoms. The van der Waals surface area contributed by atoms with Gasteiger partial charge >= 0.3 is 5.97 Å². The molecular weight excluding hydrogens is 158 g/mol. The van der Waals surface area contributed by atoms with Crippen LogP contribution in [-0.2, 0) is 0 Å². The second-order valence-corrected chi connectivity index (χ2v) is 2.25. The van der Waals surface area contributed by atoms with Crippen molar-refractivity contribution in [1.29, 1.82) is 0 Å². The number of carboxylic acid groups (broad SMARTS) is 1. The summed E-state index contributed by atoms with van der Waals surface area (Å²) in [5.74, 6) is -1.02. The molecule has 0 atom stereocenters. The Morgan fingerprint density at radius 3 is 3.25 bits per heavy atom. The van der Waals surface area contributed by atoms with E-state index in [2.05, 4.69) is 11.1 Å². The van der Waals surface area contributed by atoms with Crippen molar-refractivity contribution in [3.8, 4) is 0 Å². The lowest BCUT2D eigenvalue weighted by Gasteiger charge is -1.90. The zero-order valence-corrected chi connectivity index (χ0v) is 5.94. The molecule has 2 aromatic rings. The minimum Gasteiger partial charge on any atom is -0.478 e. The van der Waals surface area contributed by atoms with Crippen LogP contribution in [-0.4, -0.2) is 16.1 Å². The zero-order chi connectivity index (χ0) is 8.55. The van der Waals surface area contributed by atoms with Crippen molar-refractivity contribution >= 4 is 17.1 Å². The van der Waals surface area contributed by atoms with Gasteiger partial charge in [0.05, 0.1) is 5.56 Å². The van der Waals surface area contributed by atoms with Gasteiger partial charge in [0, 0.05) is 0 Å². The summed E-state index contributed by atoms with van der Waals surface area (Å²) < 4.78 is 4.91. The molecule has 0 aliphatic carbocycles. The van der Waals surface area contributed by atoms with E-state index in [1.807, 2.05) is 0 Å². The first-order chi connectivity index (χ1) is 5.77. The van der Waals surface area contributed by atoms with E-state index in [1.165, 1.54) is 18.5 Å². The number of aromatic carboxylic acids is 1. The molecule has 1 N–H and O–H groups in total. The summed E-state index contributed by atoms with van der Waals surface area (Å²) in [4.78, 5) is 14.3. The van der Waals surface area contributed by atoms with Gasteiger partial charge in [-0.15, -0.1) is 0 Å². The van der Waals surface area contributed by atoms with Crippen molar-refractivity contribution in [2.45, 2.75) is 0 Å². The average Bonchev–Trinajstić information content (AvgIpc) is 2.49. The molecule has 0 amide bonds. The molecule has 1 aromatic carbocycles. The van der Waals surface area contributed by atoms with Crippen LogP contribution in [0.2, 0.25) is 0 Å². The van der Waals surface area contributed by atoms with Gasteiger partial charge in [-0.05, 0) is 18.2 Å². The fourth-order valence-corrected chi connectivity index (χ4v) is 0.923. The van der Waals surface area contributed by atoms with Gasteiger partial charge in [0.2, 0.25) is 0 Å². The van der Waals surface area contributed by atoms with Gasteiger partial charge in [-0.2, -0.15) is 0 Å². The molecule has 59 valence electrons. The van der Waals surface area contributed by atoms with E-state index in [9.17, 15) is 4.79 Å². The SMILES string of the molecule is O=C(O)c1[c]cc2ncoc2c1. The Balaban J connectivity index is 2.68. The number of nitrogens with zero attached hydrogens (tertiary/aromatic N) is 1. The van der Waals surface area contributed by atoms with Gasteiger partial charge in [0.1, 0.15) is 5.52 Å². The van der Waals surface area contributed by atoms with Crippen LogP contribution in [0.15, 0.2) is 22.9 Å². The molecule has 0 saturated carbocycles. The molecule has 0 bridgehead atoms. The molecule has 1 radical (unpaired) electrons. The highest BCUT2D eigenvalue weighted by molar-refractivity contribution is 5.91. The van der Waals surface area contributed by atoms with Gasteiger partial charge in [-0.3, -0.25) is 0 Å². The summed E-state index contributed by atoms with van der Waals surface area (Å²) in [7, 11) is 0. The van der Waals surface area contributed by atoms with E-state index in [4.69, 9.17) is 9.52 Å². The van der Waals surface area contributed by atoms with Crippen molar-refractivity contribution in [1.82, 2.24) is 4.98 Å². The average molecular weight is 162 g/mol. The van der Waals surface area contributed by atoms with Gasteiger partial charge in [0.25, 0.3) is 0 Å². The molecule has 0 saturated heterocycles. The van der Waals surface area contributed by atoms with Crippen LogP contribution in [0, 0.1) is 6.07 Å². The summed E-state index contributed by atoms with van der Waals surface area (Å²) in [6.07, 6.45) is 1.27. The normalized spacial score (nSPS) is 10.3. The Labute approximate surface area is 67.4 Å². The number of hydrogen-bond acceptors (Lipinski definition) is 3. The molecule has 4 heteroatoms. The summed E-state index contributed by atoms with van der Waals surface area (Å²) in [6, 6.07) is 5.46. The molecule has 4 nitrogen and oxygen atoms in total. The number of carboxylic acids is 1. The van der Waals surface area contributed by atoms with Crippen LogP contribution >= 0.6 is 0 Å². The summed E-state index contributed by atoms with van der Waals surface area (Å²) in [6.45, 7) is 0. The number of rotatable bonds is 1. The standard InChI is InChI=1S/C8H4NO3/c10-8(11)5-1-2-6-7(3-5)12-4-9-6/h2-4H,(H,10,11). The van der Waals surface area contributed by atoms with E-state index in [-0.39, 0.29) is 5.56 Å². The van der Waals surface area contributed by atoms with Crippen LogP contribution in [0.4, 0.5) is 0 Å². The monoisotopic (exact) mass is 162 g/mol. The number of carbonyl (C=O) groups is 1. The first-order valence-electron chi connectivity index (χ1n) is 3.25. The Morgan fingerprint density at radius 2 is 2.50 bits per heavy atom. The number of aromatic nitrogens is 1. The molecule has 0 unspecified atom stereocenters. The fourth-order valence-electron chi connectivity index (χ4n) is 0.923. The maximum Gasteiger partial charge on any atom is 0.336 e. The summed E-state index contributed by atoms with van der Waals surface area (Å²) in [5, 5.41) is 8.59. The maximum absolute atomic E-state index is 10.5. The molecule has 0 aliphatic heterocycles. The second kappa shape index (κ2) is 2.34. The van der Waals surface area contributed by atoms with Crippen molar-refractivity contribution in [2.75, 3.05) is 0 Å². The third-order valence-electron chi connectivity index (χ3n) is 1.49. The summed E-state index contributed by atoms with van der Waals surface area (Å²) in [5.41, 5.74) is 1.16. The van der Waals surface area contributed by atoms with Crippen molar-refractivity contribution in [3.63, 3.8) is 0 Å².